The maximum atomic E-state index is 12.4. The normalized spacial score (nSPS) is 15.3. The Morgan fingerprint density at radius 2 is 1.96 bits per heavy atom. The number of nitrogens with zero attached hydrogens (tertiary/aromatic N) is 1. The van der Waals surface area contributed by atoms with Crippen LogP contribution in [0.5, 0.6) is 5.75 Å². The third kappa shape index (κ3) is 6.17. The van der Waals surface area contributed by atoms with E-state index in [1.807, 2.05) is 0 Å². The molecule has 0 aromatic heterocycles. The number of ether oxygens (including phenoxy) is 1. The Balaban J connectivity index is 1.85. The van der Waals surface area contributed by atoms with Gasteiger partial charge in [0.2, 0.25) is 15.9 Å². The fourth-order valence-electron chi connectivity index (χ4n) is 3.18. The predicted octanol–water partition coefficient (Wildman–Crippen LogP) is 1.97. The zero-order chi connectivity index (χ0) is 19.9. The Labute approximate surface area is 158 Å². The zero-order valence-corrected chi connectivity index (χ0v) is 16.1. The average Bonchev–Trinajstić information content (AvgIpc) is 2.65. The molecule has 0 atom stereocenters. The van der Waals surface area contributed by atoms with Gasteiger partial charge in [0.25, 0.3) is 5.69 Å². The Morgan fingerprint density at radius 3 is 2.59 bits per heavy atom. The first-order valence-electron chi connectivity index (χ1n) is 8.92. The van der Waals surface area contributed by atoms with Gasteiger partial charge in [-0.2, -0.15) is 0 Å². The highest BCUT2D eigenvalue weighted by Gasteiger charge is 2.22. The summed E-state index contributed by atoms with van der Waals surface area (Å²) >= 11 is 0. The van der Waals surface area contributed by atoms with Crippen LogP contribution in [0, 0.1) is 16.0 Å². The molecule has 27 heavy (non-hydrogen) atoms. The van der Waals surface area contributed by atoms with E-state index < -0.39 is 14.9 Å². The Morgan fingerprint density at radius 1 is 1.26 bits per heavy atom. The topological polar surface area (TPSA) is 128 Å². The van der Waals surface area contributed by atoms with Gasteiger partial charge in [0, 0.05) is 25.6 Å². The van der Waals surface area contributed by atoms with E-state index in [1.54, 1.807) is 0 Å². The molecule has 0 radical (unpaired) electrons. The first-order valence-corrected chi connectivity index (χ1v) is 10.4. The summed E-state index contributed by atoms with van der Waals surface area (Å²) < 4.78 is 32.1. The lowest BCUT2D eigenvalue weighted by Crippen LogP contribution is -2.35. The standard InChI is InChI=1S/C17H25N3O6S/c1-26-15-12-14(20(22)23)7-8-16(15)27(24,25)19-10-9-18-17(21)11-13-5-3-2-4-6-13/h7-8,12-13,19H,2-6,9-11H2,1H3,(H,18,21). The lowest BCUT2D eigenvalue weighted by atomic mass is 9.87. The Bertz CT molecular complexity index is 775. The molecule has 9 nitrogen and oxygen atoms in total. The van der Waals surface area contributed by atoms with E-state index in [4.69, 9.17) is 4.74 Å². The number of non-ortho nitro benzene ring substituents is 1. The molecular formula is C17H25N3O6S. The molecule has 0 heterocycles. The maximum Gasteiger partial charge on any atom is 0.273 e. The van der Waals surface area contributed by atoms with Crippen molar-refractivity contribution < 1.29 is 22.9 Å². The second kappa shape index (κ2) is 9.65. The van der Waals surface area contributed by atoms with Crippen LogP contribution in [0.1, 0.15) is 38.5 Å². The SMILES string of the molecule is COc1cc([N+](=O)[O-])ccc1S(=O)(=O)NCCNC(=O)CC1CCCCC1. The molecule has 2 rings (SSSR count). The van der Waals surface area contributed by atoms with Crippen LogP contribution >= 0.6 is 0 Å². The molecule has 150 valence electrons. The highest BCUT2D eigenvalue weighted by Crippen LogP contribution is 2.28. The number of carbonyl (C=O) groups is 1. The molecule has 0 bridgehead atoms. The van der Waals surface area contributed by atoms with Crippen LogP contribution in [-0.4, -0.2) is 39.4 Å². The monoisotopic (exact) mass is 399 g/mol. The van der Waals surface area contributed by atoms with Crippen molar-refractivity contribution in [3.8, 4) is 5.75 Å². The van der Waals surface area contributed by atoms with E-state index in [9.17, 15) is 23.3 Å². The molecule has 1 aliphatic carbocycles. The number of rotatable bonds is 9. The van der Waals surface area contributed by atoms with Gasteiger partial charge >= 0.3 is 0 Å². The van der Waals surface area contributed by atoms with Crippen LogP contribution in [0.4, 0.5) is 5.69 Å². The second-order valence-electron chi connectivity index (χ2n) is 6.55. The minimum absolute atomic E-state index is 0.0128. The van der Waals surface area contributed by atoms with Crippen LogP contribution in [0.2, 0.25) is 0 Å². The quantitative estimate of drug-likeness (QED) is 0.371. The molecule has 1 saturated carbocycles. The van der Waals surface area contributed by atoms with Crippen molar-refractivity contribution in [3.63, 3.8) is 0 Å². The van der Waals surface area contributed by atoms with Crippen molar-refractivity contribution in [3.05, 3.63) is 28.3 Å². The first-order chi connectivity index (χ1) is 12.8. The summed E-state index contributed by atoms with van der Waals surface area (Å²) in [5, 5.41) is 13.5. The third-order valence-corrected chi connectivity index (χ3v) is 6.09. The summed E-state index contributed by atoms with van der Waals surface area (Å²) in [5.74, 6) is 0.229. The molecule has 1 aliphatic rings. The number of nitro groups is 1. The van der Waals surface area contributed by atoms with Gasteiger partial charge in [-0.25, -0.2) is 13.1 Å². The van der Waals surface area contributed by atoms with Crippen molar-refractivity contribution in [1.29, 1.82) is 0 Å². The fourth-order valence-corrected chi connectivity index (χ4v) is 4.36. The number of carbonyl (C=O) groups excluding carboxylic acids is 1. The van der Waals surface area contributed by atoms with Crippen molar-refractivity contribution in [2.45, 2.75) is 43.4 Å². The van der Waals surface area contributed by atoms with Gasteiger partial charge in [-0.15, -0.1) is 0 Å². The first kappa shape index (κ1) is 21.1. The molecule has 1 aromatic rings. The summed E-state index contributed by atoms with van der Waals surface area (Å²) in [5.41, 5.74) is -0.263. The maximum absolute atomic E-state index is 12.4. The molecule has 1 fully saturated rings. The van der Waals surface area contributed by atoms with E-state index in [0.717, 1.165) is 43.9 Å². The van der Waals surface area contributed by atoms with Crippen molar-refractivity contribution >= 4 is 21.6 Å². The number of methoxy groups -OCH3 is 1. The molecular weight excluding hydrogens is 374 g/mol. The van der Waals surface area contributed by atoms with E-state index in [0.29, 0.717) is 12.3 Å². The zero-order valence-electron chi connectivity index (χ0n) is 15.3. The van der Waals surface area contributed by atoms with Crippen molar-refractivity contribution in [1.82, 2.24) is 10.0 Å². The summed E-state index contributed by atoms with van der Waals surface area (Å²) in [4.78, 5) is 21.9. The fraction of sp³-hybridized carbons (Fsp3) is 0.588. The number of nitro benzene ring substituents is 1. The van der Waals surface area contributed by atoms with E-state index >= 15 is 0 Å². The van der Waals surface area contributed by atoms with Crippen molar-refractivity contribution in [2.24, 2.45) is 5.92 Å². The van der Waals surface area contributed by atoms with Gasteiger partial charge in [0.1, 0.15) is 10.6 Å². The van der Waals surface area contributed by atoms with Gasteiger partial charge in [-0.3, -0.25) is 14.9 Å². The molecule has 0 saturated heterocycles. The highest BCUT2D eigenvalue weighted by molar-refractivity contribution is 7.89. The van der Waals surface area contributed by atoms with E-state index in [-0.39, 0.29) is 35.3 Å². The van der Waals surface area contributed by atoms with Crippen LogP contribution < -0.4 is 14.8 Å². The van der Waals surface area contributed by atoms with Crippen LogP contribution in [0.15, 0.2) is 23.1 Å². The van der Waals surface area contributed by atoms with Gasteiger partial charge in [0.15, 0.2) is 0 Å². The Hall–Kier alpha value is -2.20. The largest absolute Gasteiger partial charge is 0.495 e. The molecule has 0 spiro atoms. The third-order valence-electron chi connectivity index (χ3n) is 4.59. The molecule has 2 N–H and O–H groups in total. The summed E-state index contributed by atoms with van der Waals surface area (Å²) in [6.07, 6.45) is 6.17. The lowest BCUT2D eigenvalue weighted by Gasteiger charge is -2.20. The average molecular weight is 399 g/mol. The minimum atomic E-state index is -3.92. The predicted molar refractivity (Wildman–Crippen MR) is 99.0 cm³/mol. The molecule has 1 aromatic carbocycles. The number of nitrogens with one attached hydrogen (secondary N) is 2. The number of hydrogen-bond acceptors (Lipinski definition) is 6. The van der Waals surface area contributed by atoms with Gasteiger partial charge in [-0.1, -0.05) is 19.3 Å². The van der Waals surface area contributed by atoms with Gasteiger partial charge in [-0.05, 0) is 24.8 Å². The van der Waals surface area contributed by atoms with Crippen LogP contribution in [-0.2, 0) is 14.8 Å². The molecule has 1 amide bonds. The minimum Gasteiger partial charge on any atom is -0.495 e. The van der Waals surface area contributed by atoms with Crippen LogP contribution in [0.25, 0.3) is 0 Å². The van der Waals surface area contributed by atoms with Crippen molar-refractivity contribution in [2.75, 3.05) is 20.2 Å². The number of sulfonamides is 1. The number of benzene rings is 1. The molecule has 0 aliphatic heterocycles. The van der Waals surface area contributed by atoms with E-state index in [2.05, 4.69) is 10.0 Å². The van der Waals surface area contributed by atoms with Gasteiger partial charge < -0.3 is 10.1 Å². The van der Waals surface area contributed by atoms with Gasteiger partial charge in [0.05, 0.1) is 18.1 Å². The smallest absolute Gasteiger partial charge is 0.273 e. The number of amides is 1. The summed E-state index contributed by atoms with van der Waals surface area (Å²) in [6, 6.07) is 3.28. The highest BCUT2D eigenvalue weighted by atomic mass is 32.2. The molecule has 0 unspecified atom stereocenters. The molecule has 10 heteroatoms. The van der Waals surface area contributed by atoms with E-state index in [1.165, 1.54) is 13.5 Å². The lowest BCUT2D eigenvalue weighted by molar-refractivity contribution is -0.385. The summed E-state index contributed by atoms with van der Waals surface area (Å²) in [7, 11) is -2.68. The van der Waals surface area contributed by atoms with Crippen LogP contribution in [0.3, 0.4) is 0 Å². The second-order valence-corrected chi connectivity index (χ2v) is 8.28. The number of hydrogen-bond donors (Lipinski definition) is 2. The summed E-state index contributed by atoms with van der Waals surface area (Å²) in [6.45, 7) is 0.180. The Kier molecular flexibility index (Phi) is 7.55.